The van der Waals surface area contributed by atoms with E-state index in [0.717, 1.165) is 0 Å². The molecule has 0 unspecified atom stereocenters. The number of nitrogens with two attached hydrogens (primary N) is 1. The van der Waals surface area contributed by atoms with Crippen molar-refractivity contribution in [2.75, 3.05) is 5.32 Å². The number of hydrogen-bond acceptors (Lipinski definition) is 6. The van der Waals surface area contributed by atoms with Crippen molar-refractivity contribution in [2.45, 2.75) is 0 Å². The number of urea groups is 1. The average molecular weight is 368 g/mol. The zero-order valence-electron chi connectivity index (χ0n) is 13.7. The van der Waals surface area contributed by atoms with Crippen molar-refractivity contribution in [3.05, 3.63) is 70.5 Å². The Hall–Kier alpha value is -3.92. The number of aromatic nitrogens is 2. The van der Waals surface area contributed by atoms with Crippen LogP contribution in [0.1, 0.15) is 0 Å². The van der Waals surface area contributed by atoms with Crippen LogP contribution in [0.25, 0.3) is 22.5 Å². The SMILES string of the molecule is NNC(=O)Nc1nc(-c2ccc(F)cc2)cc(-c2ccc([N+](=O)[O-])cc2)n1. The molecule has 2 aromatic carbocycles. The summed E-state index contributed by atoms with van der Waals surface area (Å²) in [6.45, 7) is 0. The molecule has 10 heteroatoms. The standard InChI is InChI=1S/C17H13FN6O3/c18-12-5-1-10(2-6-12)14-9-15(21-16(20-14)22-17(25)23-19)11-3-7-13(8-4-11)24(26)27/h1-9H,19H2,(H2,20,21,22,23,25). The van der Waals surface area contributed by atoms with E-state index in [1.54, 1.807) is 6.07 Å². The van der Waals surface area contributed by atoms with Gasteiger partial charge in [0.05, 0.1) is 16.3 Å². The molecule has 0 aliphatic carbocycles. The summed E-state index contributed by atoms with van der Waals surface area (Å²) >= 11 is 0. The van der Waals surface area contributed by atoms with Crippen LogP contribution in [0.4, 0.5) is 20.8 Å². The maximum Gasteiger partial charge on any atom is 0.335 e. The number of carbonyl (C=O) groups excluding carboxylic acids is 1. The lowest BCUT2D eigenvalue weighted by atomic mass is 10.1. The second-order valence-electron chi connectivity index (χ2n) is 5.37. The van der Waals surface area contributed by atoms with Crippen molar-refractivity contribution in [1.82, 2.24) is 15.4 Å². The number of nitrogens with one attached hydrogen (secondary N) is 2. The van der Waals surface area contributed by atoms with E-state index in [1.807, 2.05) is 5.43 Å². The third-order valence-electron chi connectivity index (χ3n) is 3.60. The lowest BCUT2D eigenvalue weighted by molar-refractivity contribution is -0.384. The summed E-state index contributed by atoms with van der Waals surface area (Å²) in [5.41, 5.74) is 3.84. The number of hydrazine groups is 1. The normalized spacial score (nSPS) is 10.3. The third-order valence-corrected chi connectivity index (χ3v) is 3.60. The summed E-state index contributed by atoms with van der Waals surface area (Å²) in [5, 5.41) is 13.2. The first kappa shape index (κ1) is 17.9. The zero-order chi connectivity index (χ0) is 19.4. The van der Waals surface area contributed by atoms with Gasteiger partial charge < -0.3 is 0 Å². The van der Waals surface area contributed by atoms with Crippen LogP contribution in [0.5, 0.6) is 0 Å². The predicted molar refractivity (Wildman–Crippen MR) is 95.9 cm³/mol. The van der Waals surface area contributed by atoms with Gasteiger partial charge in [-0.05, 0) is 42.5 Å². The molecule has 27 heavy (non-hydrogen) atoms. The van der Waals surface area contributed by atoms with E-state index < -0.39 is 16.8 Å². The zero-order valence-corrected chi connectivity index (χ0v) is 13.7. The quantitative estimate of drug-likeness (QED) is 0.280. The number of rotatable bonds is 4. The van der Waals surface area contributed by atoms with Gasteiger partial charge in [0.25, 0.3) is 5.69 Å². The maximum atomic E-state index is 13.2. The van der Waals surface area contributed by atoms with Crippen LogP contribution in [0.3, 0.4) is 0 Å². The highest BCUT2D eigenvalue weighted by atomic mass is 19.1. The maximum absolute atomic E-state index is 13.2. The number of amides is 2. The Bertz CT molecular complexity index is 993. The van der Waals surface area contributed by atoms with E-state index in [-0.39, 0.29) is 11.6 Å². The molecule has 0 saturated heterocycles. The van der Waals surface area contributed by atoms with E-state index in [2.05, 4.69) is 15.3 Å². The van der Waals surface area contributed by atoms with Crippen molar-refractivity contribution in [3.63, 3.8) is 0 Å². The molecule has 3 rings (SSSR count). The largest absolute Gasteiger partial charge is 0.335 e. The highest BCUT2D eigenvalue weighted by Crippen LogP contribution is 2.26. The number of nitrogens with zero attached hydrogens (tertiary/aromatic N) is 3. The molecule has 136 valence electrons. The molecule has 0 spiro atoms. The molecule has 4 N–H and O–H groups in total. The Morgan fingerprint density at radius 3 is 2.00 bits per heavy atom. The molecule has 9 nitrogen and oxygen atoms in total. The Morgan fingerprint density at radius 1 is 1.00 bits per heavy atom. The average Bonchev–Trinajstić information content (AvgIpc) is 2.68. The van der Waals surface area contributed by atoms with Crippen LogP contribution in [0, 0.1) is 15.9 Å². The summed E-state index contributed by atoms with van der Waals surface area (Å²) in [7, 11) is 0. The van der Waals surface area contributed by atoms with Crippen LogP contribution in [-0.2, 0) is 0 Å². The third kappa shape index (κ3) is 4.19. The van der Waals surface area contributed by atoms with Crippen molar-refractivity contribution in [1.29, 1.82) is 0 Å². The van der Waals surface area contributed by atoms with Gasteiger partial charge in [0.15, 0.2) is 0 Å². The molecule has 0 fully saturated rings. The minimum atomic E-state index is -0.721. The first-order valence-electron chi connectivity index (χ1n) is 7.64. The fraction of sp³-hybridized carbons (Fsp3) is 0. The van der Waals surface area contributed by atoms with Crippen LogP contribution < -0.4 is 16.6 Å². The van der Waals surface area contributed by atoms with Gasteiger partial charge in [0, 0.05) is 23.3 Å². The second kappa shape index (κ2) is 7.54. The number of non-ortho nitro benzene ring substituents is 1. The fourth-order valence-corrected chi connectivity index (χ4v) is 2.31. The van der Waals surface area contributed by atoms with Gasteiger partial charge in [-0.1, -0.05) is 0 Å². The molecule has 0 aliphatic heterocycles. The molecule has 1 heterocycles. The minimum absolute atomic E-state index is 0.0341. The Kier molecular flexibility index (Phi) is 4.99. The summed E-state index contributed by atoms with van der Waals surface area (Å²) in [4.78, 5) is 30.2. The molecule has 0 saturated carbocycles. The molecule has 2 amide bonds. The van der Waals surface area contributed by atoms with E-state index >= 15 is 0 Å². The second-order valence-corrected chi connectivity index (χ2v) is 5.37. The van der Waals surface area contributed by atoms with Crippen molar-refractivity contribution in [3.8, 4) is 22.5 Å². The smallest absolute Gasteiger partial charge is 0.276 e. The lowest BCUT2D eigenvalue weighted by Crippen LogP contribution is -2.34. The lowest BCUT2D eigenvalue weighted by Gasteiger charge is -2.09. The molecule has 3 aromatic rings. The van der Waals surface area contributed by atoms with Crippen molar-refractivity contribution >= 4 is 17.7 Å². The molecule has 0 radical (unpaired) electrons. The Balaban J connectivity index is 2.07. The number of nitro groups is 1. The summed E-state index contributed by atoms with van der Waals surface area (Å²) < 4.78 is 13.2. The van der Waals surface area contributed by atoms with Crippen LogP contribution in [0.2, 0.25) is 0 Å². The highest BCUT2D eigenvalue weighted by Gasteiger charge is 2.12. The van der Waals surface area contributed by atoms with Gasteiger partial charge in [-0.3, -0.25) is 20.9 Å². The number of benzene rings is 2. The number of anilines is 1. The molecule has 0 aliphatic rings. The van der Waals surface area contributed by atoms with Crippen LogP contribution >= 0.6 is 0 Å². The van der Waals surface area contributed by atoms with Gasteiger partial charge >= 0.3 is 6.03 Å². The monoisotopic (exact) mass is 368 g/mol. The summed E-state index contributed by atoms with van der Waals surface area (Å²) in [6, 6.07) is 12.3. The van der Waals surface area contributed by atoms with E-state index in [9.17, 15) is 19.3 Å². The summed E-state index contributed by atoms with van der Waals surface area (Å²) in [6.07, 6.45) is 0. The Morgan fingerprint density at radius 2 is 1.52 bits per heavy atom. The molecule has 0 bridgehead atoms. The highest BCUT2D eigenvalue weighted by molar-refractivity contribution is 5.87. The predicted octanol–water partition coefficient (Wildman–Crippen LogP) is 2.85. The van der Waals surface area contributed by atoms with Gasteiger partial charge in [0.1, 0.15) is 5.82 Å². The van der Waals surface area contributed by atoms with Gasteiger partial charge in [-0.2, -0.15) is 0 Å². The first-order valence-corrected chi connectivity index (χ1v) is 7.64. The first-order chi connectivity index (χ1) is 13.0. The van der Waals surface area contributed by atoms with E-state index in [4.69, 9.17) is 5.84 Å². The van der Waals surface area contributed by atoms with E-state index in [0.29, 0.717) is 22.5 Å². The van der Waals surface area contributed by atoms with Crippen LogP contribution in [-0.4, -0.2) is 20.9 Å². The summed E-state index contributed by atoms with van der Waals surface area (Å²) in [5.74, 6) is 4.62. The Labute approximate surface area is 152 Å². The van der Waals surface area contributed by atoms with Crippen molar-refractivity contribution < 1.29 is 14.1 Å². The molecule has 0 atom stereocenters. The molecular weight excluding hydrogens is 355 g/mol. The number of halogens is 1. The number of carbonyl (C=O) groups is 1. The number of nitro benzene ring substituents is 1. The molecule has 1 aromatic heterocycles. The fourth-order valence-electron chi connectivity index (χ4n) is 2.31. The molecular formula is C17H13FN6O3. The van der Waals surface area contributed by atoms with Gasteiger partial charge in [-0.25, -0.2) is 25.0 Å². The van der Waals surface area contributed by atoms with Crippen LogP contribution in [0.15, 0.2) is 54.6 Å². The topological polar surface area (TPSA) is 136 Å². The van der Waals surface area contributed by atoms with Gasteiger partial charge in [-0.15, -0.1) is 0 Å². The van der Waals surface area contributed by atoms with Gasteiger partial charge in [0.2, 0.25) is 5.95 Å². The number of hydrogen-bond donors (Lipinski definition) is 3. The minimum Gasteiger partial charge on any atom is -0.276 e. The van der Waals surface area contributed by atoms with Crippen molar-refractivity contribution in [2.24, 2.45) is 5.84 Å². The van der Waals surface area contributed by atoms with E-state index in [1.165, 1.54) is 48.5 Å².